The SMILES string of the molecule is Nc1cc(F)c(I)cc1O. The number of rotatable bonds is 0. The molecule has 10 heavy (non-hydrogen) atoms. The molecule has 0 unspecified atom stereocenters. The van der Waals surface area contributed by atoms with E-state index in [0.717, 1.165) is 6.07 Å². The third kappa shape index (κ3) is 1.31. The Kier molecular flexibility index (Phi) is 1.98. The molecule has 1 rings (SSSR count). The molecule has 0 spiro atoms. The van der Waals surface area contributed by atoms with Gasteiger partial charge < -0.3 is 10.8 Å². The molecule has 1 aromatic carbocycles. The number of nitrogen functional groups attached to an aromatic ring is 1. The summed E-state index contributed by atoms with van der Waals surface area (Å²) < 4.78 is 12.9. The predicted molar refractivity (Wildman–Crippen MR) is 45.2 cm³/mol. The van der Waals surface area contributed by atoms with Crippen molar-refractivity contribution in [3.8, 4) is 5.75 Å². The fourth-order valence-electron chi connectivity index (χ4n) is 0.552. The molecule has 0 radical (unpaired) electrons. The summed E-state index contributed by atoms with van der Waals surface area (Å²) in [6.07, 6.45) is 0. The van der Waals surface area contributed by atoms with E-state index in [1.165, 1.54) is 6.07 Å². The third-order valence-corrected chi connectivity index (χ3v) is 1.90. The number of benzene rings is 1. The van der Waals surface area contributed by atoms with Crippen LogP contribution in [0.15, 0.2) is 12.1 Å². The van der Waals surface area contributed by atoms with Gasteiger partial charge in [0.1, 0.15) is 11.6 Å². The van der Waals surface area contributed by atoms with E-state index in [-0.39, 0.29) is 11.4 Å². The largest absolute Gasteiger partial charge is 0.506 e. The highest BCUT2D eigenvalue weighted by molar-refractivity contribution is 14.1. The van der Waals surface area contributed by atoms with Crippen LogP contribution in [0.3, 0.4) is 0 Å². The summed E-state index contributed by atoms with van der Waals surface area (Å²) in [6, 6.07) is 2.38. The Morgan fingerprint density at radius 2 is 2.10 bits per heavy atom. The van der Waals surface area contributed by atoms with E-state index in [0.29, 0.717) is 3.57 Å². The molecule has 3 N–H and O–H groups in total. The van der Waals surface area contributed by atoms with Crippen molar-refractivity contribution in [3.63, 3.8) is 0 Å². The summed E-state index contributed by atoms with van der Waals surface area (Å²) in [5.74, 6) is -0.485. The highest BCUT2D eigenvalue weighted by Crippen LogP contribution is 2.24. The van der Waals surface area contributed by atoms with Crippen molar-refractivity contribution >= 4 is 28.3 Å². The number of hydrogen-bond donors (Lipinski definition) is 2. The molecule has 0 aromatic heterocycles. The number of halogens is 2. The minimum absolute atomic E-state index is 0.0675. The van der Waals surface area contributed by atoms with Gasteiger partial charge in [0.25, 0.3) is 0 Å². The van der Waals surface area contributed by atoms with Gasteiger partial charge in [0.2, 0.25) is 0 Å². The third-order valence-electron chi connectivity index (χ3n) is 1.07. The molecule has 54 valence electrons. The minimum Gasteiger partial charge on any atom is -0.506 e. The van der Waals surface area contributed by atoms with Gasteiger partial charge in [-0.05, 0) is 28.7 Å². The van der Waals surface area contributed by atoms with Crippen LogP contribution in [0.1, 0.15) is 0 Å². The molecule has 1 aromatic rings. The zero-order valence-electron chi connectivity index (χ0n) is 4.94. The van der Waals surface area contributed by atoms with Crippen LogP contribution in [0, 0.1) is 9.39 Å². The Balaban J connectivity index is 3.28. The van der Waals surface area contributed by atoms with Crippen molar-refractivity contribution in [2.75, 3.05) is 5.73 Å². The van der Waals surface area contributed by atoms with Crippen molar-refractivity contribution in [2.45, 2.75) is 0 Å². The topological polar surface area (TPSA) is 46.2 Å². The highest BCUT2D eigenvalue weighted by atomic mass is 127. The number of hydrogen-bond acceptors (Lipinski definition) is 2. The lowest BCUT2D eigenvalue weighted by Crippen LogP contribution is -1.89. The number of nitrogens with two attached hydrogens (primary N) is 1. The Bertz CT molecular complexity index is 214. The predicted octanol–water partition coefficient (Wildman–Crippen LogP) is 1.72. The number of phenolic OH excluding ortho intramolecular Hbond substituents is 1. The fraction of sp³-hybridized carbons (Fsp3) is 0. The molecule has 0 aliphatic heterocycles. The van der Waals surface area contributed by atoms with E-state index >= 15 is 0 Å². The van der Waals surface area contributed by atoms with Crippen molar-refractivity contribution < 1.29 is 9.50 Å². The Morgan fingerprint density at radius 3 is 2.60 bits per heavy atom. The van der Waals surface area contributed by atoms with Crippen LogP contribution in [-0.4, -0.2) is 5.11 Å². The molecule has 0 saturated carbocycles. The van der Waals surface area contributed by atoms with E-state index in [1.807, 2.05) is 0 Å². The molecular weight excluding hydrogens is 248 g/mol. The van der Waals surface area contributed by atoms with Gasteiger partial charge >= 0.3 is 0 Å². The average molecular weight is 253 g/mol. The Labute approximate surface area is 71.0 Å². The molecule has 4 heteroatoms. The molecule has 0 fully saturated rings. The lowest BCUT2D eigenvalue weighted by molar-refractivity contribution is 0.475. The summed E-state index contributed by atoms with van der Waals surface area (Å²) in [5.41, 5.74) is 5.26. The summed E-state index contributed by atoms with van der Waals surface area (Å²) in [4.78, 5) is 0. The van der Waals surface area contributed by atoms with Gasteiger partial charge in [0, 0.05) is 6.07 Å². The number of anilines is 1. The van der Waals surface area contributed by atoms with Crippen LogP contribution < -0.4 is 5.73 Å². The molecule has 2 nitrogen and oxygen atoms in total. The first-order valence-electron chi connectivity index (χ1n) is 2.54. The normalized spacial score (nSPS) is 9.80. The van der Waals surface area contributed by atoms with E-state index in [9.17, 15) is 4.39 Å². The Morgan fingerprint density at radius 1 is 1.50 bits per heavy atom. The van der Waals surface area contributed by atoms with E-state index in [4.69, 9.17) is 10.8 Å². The van der Waals surface area contributed by atoms with Gasteiger partial charge in [0.15, 0.2) is 0 Å². The van der Waals surface area contributed by atoms with Gasteiger partial charge in [0.05, 0.1) is 9.26 Å². The maximum absolute atomic E-state index is 12.6. The second-order valence-corrected chi connectivity index (χ2v) is 2.99. The number of phenols is 1. The highest BCUT2D eigenvalue weighted by Gasteiger charge is 2.02. The maximum atomic E-state index is 12.6. The molecule has 0 heterocycles. The molecule has 0 amide bonds. The van der Waals surface area contributed by atoms with E-state index < -0.39 is 5.82 Å². The van der Waals surface area contributed by atoms with Crippen LogP contribution in [-0.2, 0) is 0 Å². The first-order valence-corrected chi connectivity index (χ1v) is 3.62. The standard InChI is InChI=1S/C6H5FINO/c7-3-1-5(9)6(10)2-4(3)8/h1-2,10H,9H2. The van der Waals surface area contributed by atoms with Gasteiger partial charge in [-0.1, -0.05) is 0 Å². The van der Waals surface area contributed by atoms with Gasteiger partial charge in [-0.15, -0.1) is 0 Å². The van der Waals surface area contributed by atoms with Gasteiger partial charge in [-0.2, -0.15) is 0 Å². The minimum atomic E-state index is -0.407. The van der Waals surface area contributed by atoms with E-state index in [1.54, 1.807) is 22.6 Å². The van der Waals surface area contributed by atoms with Crippen LogP contribution in [0.5, 0.6) is 5.75 Å². The first kappa shape index (κ1) is 7.59. The molecule has 0 saturated heterocycles. The lowest BCUT2D eigenvalue weighted by atomic mass is 10.3. The number of aromatic hydroxyl groups is 1. The molecule has 0 bridgehead atoms. The maximum Gasteiger partial charge on any atom is 0.139 e. The van der Waals surface area contributed by atoms with E-state index in [2.05, 4.69) is 0 Å². The van der Waals surface area contributed by atoms with Crippen molar-refractivity contribution in [1.29, 1.82) is 0 Å². The fourth-order valence-corrected chi connectivity index (χ4v) is 1.00. The second-order valence-electron chi connectivity index (χ2n) is 1.83. The van der Waals surface area contributed by atoms with Gasteiger partial charge in [-0.3, -0.25) is 0 Å². The van der Waals surface area contributed by atoms with Gasteiger partial charge in [-0.25, -0.2) is 4.39 Å². The smallest absolute Gasteiger partial charge is 0.139 e. The molecule has 0 atom stereocenters. The van der Waals surface area contributed by atoms with Crippen molar-refractivity contribution in [2.24, 2.45) is 0 Å². The summed E-state index contributed by atoms with van der Waals surface area (Å²) in [6.45, 7) is 0. The molecule has 0 aliphatic carbocycles. The first-order chi connectivity index (χ1) is 4.61. The lowest BCUT2D eigenvalue weighted by Gasteiger charge is -1.98. The monoisotopic (exact) mass is 253 g/mol. The quantitative estimate of drug-likeness (QED) is 0.420. The van der Waals surface area contributed by atoms with Crippen LogP contribution in [0.4, 0.5) is 10.1 Å². The summed E-state index contributed by atoms with van der Waals surface area (Å²) in [5, 5.41) is 8.93. The summed E-state index contributed by atoms with van der Waals surface area (Å²) >= 11 is 1.78. The molecule has 0 aliphatic rings. The van der Waals surface area contributed by atoms with Crippen molar-refractivity contribution in [1.82, 2.24) is 0 Å². The zero-order valence-corrected chi connectivity index (χ0v) is 7.09. The van der Waals surface area contributed by atoms with Crippen LogP contribution in [0.25, 0.3) is 0 Å². The second kappa shape index (κ2) is 2.61. The zero-order chi connectivity index (χ0) is 7.72. The average Bonchev–Trinajstić information content (AvgIpc) is 1.84. The van der Waals surface area contributed by atoms with Crippen LogP contribution >= 0.6 is 22.6 Å². The Hall–Kier alpha value is -0.520. The summed E-state index contributed by atoms with van der Waals surface area (Å²) in [7, 11) is 0. The van der Waals surface area contributed by atoms with Crippen LogP contribution in [0.2, 0.25) is 0 Å². The van der Waals surface area contributed by atoms with Crippen molar-refractivity contribution in [3.05, 3.63) is 21.5 Å². The molecular formula is C6H5FINO.